The van der Waals surface area contributed by atoms with Crippen LogP contribution in [0.4, 0.5) is 0 Å². The molecule has 0 aliphatic carbocycles. The van der Waals surface area contributed by atoms with Gasteiger partial charge >= 0.3 is 0 Å². The molecular weight excluding hydrogens is 128 g/mol. The Bertz CT molecular complexity index is 168. The third kappa shape index (κ3) is 1.67. The van der Waals surface area contributed by atoms with Gasteiger partial charge in [0, 0.05) is 5.57 Å². The van der Waals surface area contributed by atoms with Crippen molar-refractivity contribution in [1.82, 2.24) is 0 Å². The Balaban J connectivity index is 2.62. The minimum Gasteiger partial charge on any atom is -0.369 e. The molecule has 0 spiro atoms. The van der Waals surface area contributed by atoms with Crippen LogP contribution in [-0.4, -0.2) is 19.0 Å². The van der Waals surface area contributed by atoms with Crippen molar-refractivity contribution in [2.45, 2.75) is 13.8 Å². The first-order chi connectivity index (χ1) is 4.70. The van der Waals surface area contributed by atoms with E-state index in [2.05, 4.69) is 13.8 Å². The number of allylic oxidation sites excluding steroid dienone is 1. The van der Waals surface area contributed by atoms with E-state index in [1.54, 1.807) is 0 Å². The fourth-order valence-corrected chi connectivity index (χ4v) is 0.970. The van der Waals surface area contributed by atoms with Gasteiger partial charge in [0.25, 0.3) is 0 Å². The molecule has 0 aromatic carbocycles. The third-order valence-electron chi connectivity index (χ3n) is 1.38. The largest absolute Gasteiger partial charge is 0.369 e. The van der Waals surface area contributed by atoms with Crippen LogP contribution < -0.4 is 0 Å². The summed E-state index contributed by atoms with van der Waals surface area (Å²) in [7, 11) is 0. The lowest BCUT2D eigenvalue weighted by Gasteiger charge is -1.95. The molecule has 0 N–H and O–H groups in total. The Hall–Kier alpha value is -0.630. The van der Waals surface area contributed by atoms with Gasteiger partial charge in [0.15, 0.2) is 5.78 Å². The van der Waals surface area contributed by atoms with Gasteiger partial charge in [-0.05, 0) is 5.92 Å². The predicted octanol–water partition coefficient (Wildman–Crippen LogP) is 1.17. The first kappa shape index (κ1) is 7.48. The number of ether oxygens (including phenoxy) is 1. The lowest BCUT2D eigenvalue weighted by molar-refractivity contribution is -0.115. The maximum Gasteiger partial charge on any atom is 0.186 e. The molecule has 0 amide bonds. The fourth-order valence-electron chi connectivity index (χ4n) is 0.970. The van der Waals surface area contributed by atoms with Gasteiger partial charge in [-0.25, -0.2) is 0 Å². The molecule has 10 heavy (non-hydrogen) atoms. The van der Waals surface area contributed by atoms with E-state index in [1.165, 1.54) is 0 Å². The van der Waals surface area contributed by atoms with Gasteiger partial charge in [0.1, 0.15) is 6.61 Å². The maximum absolute atomic E-state index is 10.9. The number of hydrogen-bond donors (Lipinski definition) is 0. The van der Waals surface area contributed by atoms with Gasteiger partial charge in [0.2, 0.25) is 0 Å². The molecule has 0 radical (unpaired) electrons. The van der Waals surface area contributed by atoms with Gasteiger partial charge in [-0.1, -0.05) is 19.9 Å². The average Bonchev–Trinajstić information content (AvgIpc) is 2.15. The molecule has 1 rings (SSSR count). The second kappa shape index (κ2) is 2.97. The molecular formula is C8H12O2. The van der Waals surface area contributed by atoms with Crippen LogP contribution >= 0.6 is 0 Å². The standard InChI is InChI=1S/C8H12O2/c1-6(2)3-7-4-10-5-8(7)9/h3,6H,4-5H2,1-2H3/b7-3-. The summed E-state index contributed by atoms with van der Waals surface area (Å²) < 4.78 is 4.95. The van der Waals surface area contributed by atoms with Crippen molar-refractivity contribution >= 4 is 5.78 Å². The summed E-state index contributed by atoms with van der Waals surface area (Å²) in [6.07, 6.45) is 1.97. The highest BCUT2D eigenvalue weighted by atomic mass is 16.5. The molecule has 1 aliphatic rings. The molecule has 0 aromatic heterocycles. The van der Waals surface area contributed by atoms with Crippen LogP contribution in [0, 0.1) is 5.92 Å². The number of carbonyl (C=O) groups is 1. The zero-order valence-electron chi connectivity index (χ0n) is 6.39. The van der Waals surface area contributed by atoms with Crippen molar-refractivity contribution in [3.8, 4) is 0 Å². The number of Topliss-reactive ketones (excluding diaryl/α,β-unsaturated/α-hetero) is 1. The number of hydrogen-bond acceptors (Lipinski definition) is 2. The predicted molar refractivity (Wildman–Crippen MR) is 38.7 cm³/mol. The SMILES string of the molecule is CC(C)/C=C1/COCC1=O. The second-order valence-electron chi connectivity index (χ2n) is 2.85. The van der Waals surface area contributed by atoms with Gasteiger partial charge < -0.3 is 4.74 Å². The molecule has 56 valence electrons. The van der Waals surface area contributed by atoms with Crippen LogP contribution in [0.15, 0.2) is 11.6 Å². The van der Waals surface area contributed by atoms with Crippen molar-refractivity contribution in [3.05, 3.63) is 11.6 Å². The molecule has 1 saturated heterocycles. The van der Waals surface area contributed by atoms with Crippen LogP contribution in [0.3, 0.4) is 0 Å². The summed E-state index contributed by atoms with van der Waals surface area (Å²) in [6.45, 7) is 4.90. The van der Waals surface area contributed by atoms with Crippen LogP contribution in [-0.2, 0) is 9.53 Å². The minimum absolute atomic E-state index is 0.147. The summed E-state index contributed by atoms with van der Waals surface area (Å²) in [6, 6.07) is 0. The van der Waals surface area contributed by atoms with Gasteiger partial charge in [-0.15, -0.1) is 0 Å². The van der Waals surface area contributed by atoms with Crippen molar-refractivity contribution in [2.24, 2.45) is 5.92 Å². The molecule has 0 aromatic rings. The maximum atomic E-state index is 10.9. The van der Waals surface area contributed by atoms with Crippen LogP contribution in [0.5, 0.6) is 0 Å². The summed E-state index contributed by atoms with van der Waals surface area (Å²) in [5.74, 6) is 0.592. The Morgan fingerprint density at radius 1 is 1.50 bits per heavy atom. The smallest absolute Gasteiger partial charge is 0.186 e. The average molecular weight is 140 g/mol. The fraction of sp³-hybridized carbons (Fsp3) is 0.625. The first-order valence-electron chi connectivity index (χ1n) is 3.52. The second-order valence-corrected chi connectivity index (χ2v) is 2.85. The zero-order chi connectivity index (χ0) is 7.56. The van der Waals surface area contributed by atoms with Crippen molar-refractivity contribution in [3.63, 3.8) is 0 Å². The van der Waals surface area contributed by atoms with Crippen LogP contribution in [0.2, 0.25) is 0 Å². The summed E-state index contributed by atoms with van der Waals surface area (Å²) >= 11 is 0. The van der Waals surface area contributed by atoms with Crippen molar-refractivity contribution in [1.29, 1.82) is 0 Å². The van der Waals surface area contributed by atoms with E-state index in [1.807, 2.05) is 6.08 Å². The molecule has 0 unspecified atom stereocenters. The lowest BCUT2D eigenvalue weighted by atomic mass is 10.1. The van der Waals surface area contributed by atoms with Gasteiger partial charge in [0.05, 0.1) is 6.61 Å². The molecule has 1 fully saturated rings. The molecule has 1 heterocycles. The summed E-state index contributed by atoms with van der Waals surface area (Å²) in [5, 5.41) is 0. The topological polar surface area (TPSA) is 26.3 Å². The molecule has 0 saturated carbocycles. The van der Waals surface area contributed by atoms with Crippen LogP contribution in [0.25, 0.3) is 0 Å². The van der Waals surface area contributed by atoms with E-state index in [0.717, 1.165) is 5.57 Å². The van der Waals surface area contributed by atoms with E-state index in [4.69, 9.17) is 4.74 Å². The molecule has 0 bridgehead atoms. The first-order valence-corrected chi connectivity index (χ1v) is 3.52. The van der Waals surface area contributed by atoms with Crippen molar-refractivity contribution in [2.75, 3.05) is 13.2 Å². The Morgan fingerprint density at radius 3 is 2.60 bits per heavy atom. The Labute approximate surface area is 60.9 Å². The normalized spacial score (nSPS) is 23.1. The quantitative estimate of drug-likeness (QED) is 0.511. The van der Waals surface area contributed by atoms with E-state index < -0.39 is 0 Å². The summed E-state index contributed by atoms with van der Waals surface area (Å²) in [5.41, 5.74) is 0.843. The third-order valence-corrected chi connectivity index (χ3v) is 1.38. The van der Waals surface area contributed by atoms with Gasteiger partial charge in [-0.2, -0.15) is 0 Å². The number of rotatable bonds is 1. The molecule has 1 aliphatic heterocycles. The highest BCUT2D eigenvalue weighted by Gasteiger charge is 2.16. The zero-order valence-corrected chi connectivity index (χ0v) is 6.39. The molecule has 2 heteroatoms. The lowest BCUT2D eigenvalue weighted by Crippen LogP contribution is -1.99. The highest BCUT2D eigenvalue weighted by molar-refractivity contribution is 5.98. The number of ketones is 1. The van der Waals surface area contributed by atoms with Gasteiger partial charge in [-0.3, -0.25) is 4.79 Å². The summed E-state index contributed by atoms with van der Waals surface area (Å²) in [4.78, 5) is 10.9. The molecule has 0 atom stereocenters. The van der Waals surface area contributed by atoms with Crippen molar-refractivity contribution < 1.29 is 9.53 Å². The van der Waals surface area contributed by atoms with E-state index in [9.17, 15) is 4.79 Å². The minimum atomic E-state index is 0.147. The monoisotopic (exact) mass is 140 g/mol. The van der Waals surface area contributed by atoms with Crippen LogP contribution in [0.1, 0.15) is 13.8 Å². The van der Waals surface area contributed by atoms with E-state index in [-0.39, 0.29) is 12.4 Å². The Morgan fingerprint density at radius 2 is 2.20 bits per heavy atom. The molecule has 2 nitrogen and oxygen atoms in total. The Kier molecular flexibility index (Phi) is 2.22. The highest BCUT2D eigenvalue weighted by Crippen LogP contribution is 2.09. The number of carbonyl (C=O) groups excluding carboxylic acids is 1. The van der Waals surface area contributed by atoms with E-state index in [0.29, 0.717) is 12.5 Å². The van der Waals surface area contributed by atoms with E-state index >= 15 is 0 Å².